The van der Waals surface area contributed by atoms with E-state index in [1.165, 1.54) is 0 Å². The minimum Gasteiger partial charge on any atom is -0.492 e. The summed E-state index contributed by atoms with van der Waals surface area (Å²) >= 11 is 0. The Morgan fingerprint density at radius 3 is 2.78 bits per heavy atom. The molecule has 0 fully saturated rings. The van der Waals surface area contributed by atoms with E-state index in [-0.39, 0.29) is 6.04 Å². The summed E-state index contributed by atoms with van der Waals surface area (Å²) in [5, 5.41) is 3.39. The van der Waals surface area contributed by atoms with Gasteiger partial charge in [0.15, 0.2) is 0 Å². The van der Waals surface area contributed by atoms with Crippen molar-refractivity contribution in [3.05, 3.63) is 48.5 Å². The highest BCUT2D eigenvalue weighted by Crippen LogP contribution is 2.09. The molecule has 0 amide bonds. The van der Waals surface area contributed by atoms with Crippen LogP contribution in [-0.2, 0) is 7.05 Å². The summed E-state index contributed by atoms with van der Waals surface area (Å²) in [6, 6.07) is 10.1. The monoisotopic (exact) mass is 245 g/mol. The highest BCUT2D eigenvalue weighted by molar-refractivity contribution is 5.20. The highest BCUT2D eigenvalue weighted by atomic mass is 16.5. The van der Waals surface area contributed by atoms with Crippen molar-refractivity contribution >= 4 is 0 Å². The lowest BCUT2D eigenvalue weighted by Crippen LogP contribution is -2.26. The predicted octanol–water partition coefficient (Wildman–Crippen LogP) is 2.15. The van der Waals surface area contributed by atoms with Gasteiger partial charge in [-0.15, -0.1) is 0 Å². The zero-order valence-corrected chi connectivity index (χ0v) is 10.8. The summed E-state index contributed by atoms with van der Waals surface area (Å²) in [4.78, 5) is 4.31. The second kappa shape index (κ2) is 6.21. The Labute approximate surface area is 108 Å². The molecule has 1 heterocycles. The van der Waals surface area contributed by atoms with Crippen LogP contribution in [0, 0.1) is 0 Å². The summed E-state index contributed by atoms with van der Waals surface area (Å²) in [7, 11) is 2.00. The van der Waals surface area contributed by atoms with Gasteiger partial charge in [0.1, 0.15) is 18.2 Å². The van der Waals surface area contributed by atoms with Gasteiger partial charge in [0.2, 0.25) is 0 Å². The second-order valence-corrected chi connectivity index (χ2v) is 4.23. The van der Waals surface area contributed by atoms with Gasteiger partial charge >= 0.3 is 0 Å². The van der Waals surface area contributed by atoms with E-state index in [9.17, 15) is 0 Å². The maximum absolute atomic E-state index is 5.61. The molecule has 1 aromatic carbocycles. The number of rotatable bonds is 6. The van der Waals surface area contributed by atoms with Gasteiger partial charge in [-0.25, -0.2) is 4.98 Å². The molecule has 0 aliphatic rings. The standard InChI is InChI=1S/C14H19N3O/c1-12(14-16-8-10-17(14)2)15-9-11-18-13-6-4-3-5-7-13/h3-8,10,12,15H,9,11H2,1-2H3. The number of nitrogens with zero attached hydrogens (tertiary/aromatic N) is 2. The van der Waals surface area contributed by atoms with E-state index < -0.39 is 0 Å². The average molecular weight is 245 g/mol. The first-order chi connectivity index (χ1) is 8.77. The zero-order chi connectivity index (χ0) is 12.8. The third-order valence-electron chi connectivity index (χ3n) is 2.81. The van der Waals surface area contributed by atoms with Crippen molar-refractivity contribution in [2.45, 2.75) is 13.0 Å². The molecule has 1 aromatic heterocycles. The molecule has 1 N–H and O–H groups in total. The van der Waals surface area contributed by atoms with E-state index >= 15 is 0 Å². The molecule has 0 radical (unpaired) electrons. The van der Waals surface area contributed by atoms with Gasteiger partial charge < -0.3 is 14.6 Å². The van der Waals surface area contributed by atoms with Gasteiger partial charge in [0, 0.05) is 26.0 Å². The van der Waals surface area contributed by atoms with Crippen LogP contribution in [0.15, 0.2) is 42.7 Å². The van der Waals surface area contributed by atoms with E-state index in [0.717, 1.165) is 18.1 Å². The topological polar surface area (TPSA) is 39.1 Å². The van der Waals surface area contributed by atoms with Crippen LogP contribution < -0.4 is 10.1 Å². The number of hydrogen-bond acceptors (Lipinski definition) is 3. The fourth-order valence-electron chi connectivity index (χ4n) is 1.85. The van der Waals surface area contributed by atoms with Gasteiger partial charge in [0.25, 0.3) is 0 Å². The van der Waals surface area contributed by atoms with Crippen molar-refractivity contribution in [3.8, 4) is 5.75 Å². The lowest BCUT2D eigenvalue weighted by Gasteiger charge is -2.14. The minimum absolute atomic E-state index is 0.226. The first-order valence-electron chi connectivity index (χ1n) is 6.16. The van der Waals surface area contributed by atoms with Gasteiger partial charge in [0.05, 0.1) is 6.04 Å². The van der Waals surface area contributed by atoms with E-state index in [1.807, 2.05) is 54.3 Å². The van der Waals surface area contributed by atoms with Crippen molar-refractivity contribution in [2.75, 3.05) is 13.2 Å². The van der Waals surface area contributed by atoms with Crippen molar-refractivity contribution in [3.63, 3.8) is 0 Å². The first kappa shape index (κ1) is 12.6. The summed E-state index contributed by atoms with van der Waals surface area (Å²) in [5.41, 5.74) is 0. The van der Waals surface area contributed by atoms with Crippen LogP contribution in [0.5, 0.6) is 5.75 Å². The number of imidazole rings is 1. The summed E-state index contributed by atoms with van der Waals surface area (Å²) in [6.45, 7) is 3.55. The van der Waals surface area contributed by atoms with Crippen LogP contribution in [0.2, 0.25) is 0 Å². The quantitative estimate of drug-likeness (QED) is 0.793. The lowest BCUT2D eigenvalue weighted by atomic mass is 10.3. The van der Waals surface area contributed by atoms with E-state index in [0.29, 0.717) is 6.61 Å². The molecule has 0 aliphatic carbocycles. The summed E-state index contributed by atoms with van der Waals surface area (Å²) in [5.74, 6) is 1.94. The normalized spacial score (nSPS) is 12.3. The third kappa shape index (κ3) is 3.34. The predicted molar refractivity (Wildman–Crippen MR) is 71.6 cm³/mol. The Hall–Kier alpha value is -1.81. The fraction of sp³-hybridized carbons (Fsp3) is 0.357. The molecule has 2 aromatic rings. The van der Waals surface area contributed by atoms with Crippen LogP contribution in [0.4, 0.5) is 0 Å². The number of para-hydroxylation sites is 1. The summed E-state index contributed by atoms with van der Waals surface area (Å²) in [6.07, 6.45) is 3.77. The first-order valence-corrected chi connectivity index (χ1v) is 6.16. The molecule has 4 heteroatoms. The Bertz CT molecular complexity index is 467. The SMILES string of the molecule is CC(NCCOc1ccccc1)c1nccn1C. The molecule has 2 rings (SSSR count). The van der Waals surface area contributed by atoms with Crippen molar-refractivity contribution in [1.29, 1.82) is 0 Å². The van der Waals surface area contributed by atoms with Crippen LogP contribution in [-0.4, -0.2) is 22.7 Å². The Balaban J connectivity index is 1.71. The van der Waals surface area contributed by atoms with Crippen LogP contribution >= 0.6 is 0 Å². The van der Waals surface area contributed by atoms with Crippen molar-refractivity contribution in [1.82, 2.24) is 14.9 Å². The summed E-state index contributed by atoms with van der Waals surface area (Å²) < 4.78 is 7.64. The number of aryl methyl sites for hydroxylation is 1. The number of benzene rings is 1. The highest BCUT2D eigenvalue weighted by Gasteiger charge is 2.08. The van der Waals surface area contributed by atoms with Gasteiger partial charge in [-0.2, -0.15) is 0 Å². The number of nitrogens with one attached hydrogen (secondary N) is 1. The molecule has 18 heavy (non-hydrogen) atoms. The molecule has 0 aliphatic heterocycles. The van der Waals surface area contributed by atoms with Gasteiger partial charge in [-0.1, -0.05) is 18.2 Å². The zero-order valence-electron chi connectivity index (χ0n) is 10.8. The molecule has 0 saturated carbocycles. The maximum Gasteiger partial charge on any atom is 0.125 e. The Morgan fingerprint density at radius 2 is 2.11 bits per heavy atom. The molecule has 0 bridgehead atoms. The van der Waals surface area contributed by atoms with Crippen molar-refractivity contribution < 1.29 is 4.74 Å². The fourth-order valence-corrected chi connectivity index (χ4v) is 1.85. The van der Waals surface area contributed by atoms with E-state index in [1.54, 1.807) is 0 Å². The number of aromatic nitrogens is 2. The molecule has 0 saturated heterocycles. The van der Waals surface area contributed by atoms with Crippen LogP contribution in [0.1, 0.15) is 18.8 Å². The lowest BCUT2D eigenvalue weighted by molar-refractivity contribution is 0.306. The molecular formula is C14H19N3O. The molecule has 0 spiro atoms. The Kier molecular flexibility index (Phi) is 4.36. The van der Waals surface area contributed by atoms with Crippen LogP contribution in [0.3, 0.4) is 0 Å². The minimum atomic E-state index is 0.226. The molecule has 1 atom stereocenters. The van der Waals surface area contributed by atoms with Gasteiger partial charge in [-0.3, -0.25) is 0 Å². The van der Waals surface area contributed by atoms with Crippen LogP contribution in [0.25, 0.3) is 0 Å². The number of hydrogen-bond donors (Lipinski definition) is 1. The molecule has 4 nitrogen and oxygen atoms in total. The largest absolute Gasteiger partial charge is 0.492 e. The van der Waals surface area contributed by atoms with Gasteiger partial charge in [-0.05, 0) is 19.1 Å². The molecule has 1 unspecified atom stereocenters. The molecular weight excluding hydrogens is 226 g/mol. The average Bonchev–Trinajstić information content (AvgIpc) is 2.82. The number of ether oxygens (including phenoxy) is 1. The van der Waals surface area contributed by atoms with E-state index in [4.69, 9.17) is 4.74 Å². The van der Waals surface area contributed by atoms with E-state index in [2.05, 4.69) is 17.2 Å². The third-order valence-corrected chi connectivity index (χ3v) is 2.81. The smallest absolute Gasteiger partial charge is 0.125 e. The second-order valence-electron chi connectivity index (χ2n) is 4.23. The van der Waals surface area contributed by atoms with Crippen molar-refractivity contribution in [2.24, 2.45) is 7.05 Å². The maximum atomic E-state index is 5.61. The Morgan fingerprint density at radius 1 is 1.33 bits per heavy atom. The molecule has 96 valence electrons.